The van der Waals surface area contributed by atoms with Crippen molar-refractivity contribution in [3.63, 3.8) is 0 Å². The second-order valence-electron chi connectivity index (χ2n) is 10.1. The van der Waals surface area contributed by atoms with Gasteiger partial charge in [-0.25, -0.2) is 0 Å². The van der Waals surface area contributed by atoms with E-state index in [9.17, 15) is 9.59 Å². The zero-order chi connectivity index (χ0) is 26.9. The van der Waals surface area contributed by atoms with Gasteiger partial charge in [-0.2, -0.15) is 0 Å². The van der Waals surface area contributed by atoms with Crippen LogP contribution in [0.1, 0.15) is 50.8 Å². The second kappa shape index (κ2) is 12.5. The van der Waals surface area contributed by atoms with Crippen LogP contribution >= 0.6 is 0 Å². The number of carbonyl (C=O) groups is 2. The first-order valence-electron chi connectivity index (χ1n) is 12.6. The minimum Gasteiger partial charge on any atom is -0.461 e. The van der Waals surface area contributed by atoms with Crippen LogP contribution in [0.25, 0.3) is 0 Å². The first-order valence-corrected chi connectivity index (χ1v) is 12.6. The molecule has 0 fully saturated rings. The Labute approximate surface area is 220 Å². The van der Waals surface area contributed by atoms with Crippen molar-refractivity contribution in [3.8, 4) is 0 Å². The standard InChI is InChI=1S/C32H37NO4/c1-6-22-36-29(34)24(2)23-28(30(35)37-31(3,4)5)33-32(25-16-10-7-11-17-25,26-18-12-8-13-19-26)27-20-14-9-15-21-27/h6-21,24,28,33H,1,22-23H2,2-5H3/t24?,28-/m1/s1. The van der Waals surface area contributed by atoms with Gasteiger partial charge in [-0.05, 0) is 43.9 Å². The van der Waals surface area contributed by atoms with Crippen LogP contribution in [-0.2, 0) is 24.6 Å². The lowest BCUT2D eigenvalue weighted by molar-refractivity contribution is -0.159. The number of ether oxygens (including phenoxy) is 2. The predicted octanol–water partition coefficient (Wildman–Crippen LogP) is 6.03. The van der Waals surface area contributed by atoms with E-state index in [4.69, 9.17) is 9.47 Å². The van der Waals surface area contributed by atoms with Crippen molar-refractivity contribution < 1.29 is 19.1 Å². The zero-order valence-corrected chi connectivity index (χ0v) is 22.1. The lowest BCUT2D eigenvalue weighted by Gasteiger charge is -2.40. The first kappa shape index (κ1) is 27.9. The largest absolute Gasteiger partial charge is 0.461 e. The maximum Gasteiger partial charge on any atom is 0.323 e. The molecule has 0 aliphatic heterocycles. The summed E-state index contributed by atoms with van der Waals surface area (Å²) in [5.74, 6) is -1.37. The van der Waals surface area contributed by atoms with Gasteiger partial charge in [0.05, 0.1) is 11.5 Å². The average Bonchev–Trinajstić information content (AvgIpc) is 2.90. The minimum absolute atomic E-state index is 0.121. The van der Waals surface area contributed by atoms with Crippen LogP contribution in [0, 0.1) is 5.92 Å². The molecule has 0 bridgehead atoms. The van der Waals surface area contributed by atoms with Crippen LogP contribution in [0.2, 0.25) is 0 Å². The average molecular weight is 500 g/mol. The van der Waals surface area contributed by atoms with Gasteiger partial charge in [0.15, 0.2) is 0 Å². The number of hydrogen-bond acceptors (Lipinski definition) is 5. The maximum atomic E-state index is 13.6. The molecule has 1 N–H and O–H groups in total. The van der Waals surface area contributed by atoms with Crippen molar-refractivity contribution >= 4 is 11.9 Å². The number of esters is 2. The first-order chi connectivity index (χ1) is 17.7. The summed E-state index contributed by atoms with van der Waals surface area (Å²) in [6.07, 6.45) is 1.72. The van der Waals surface area contributed by atoms with Crippen molar-refractivity contribution in [1.29, 1.82) is 0 Å². The topological polar surface area (TPSA) is 64.6 Å². The quantitative estimate of drug-likeness (QED) is 0.198. The van der Waals surface area contributed by atoms with Crippen molar-refractivity contribution in [2.75, 3.05) is 6.61 Å². The Kier molecular flexibility index (Phi) is 9.42. The van der Waals surface area contributed by atoms with Crippen LogP contribution in [-0.4, -0.2) is 30.2 Å². The van der Waals surface area contributed by atoms with E-state index in [2.05, 4.69) is 11.9 Å². The Morgan fingerprint density at radius 1 is 0.811 bits per heavy atom. The molecule has 0 heterocycles. The molecule has 37 heavy (non-hydrogen) atoms. The third kappa shape index (κ3) is 7.17. The predicted molar refractivity (Wildman–Crippen MR) is 147 cm³/mol. The Bertz CT molecular complexity index is 1060. The van der Waals surface area contributed by atoms with Crippen LogP contribution in [0.3, 0.4) is 0 Å². The molecule has 0 aromatic heterocycles. The van der Waals surface area contributed by atoms with E-state index < -0.39 is 29.1 Å². The maximum absolute atomic E-state index is 13.6. The highest BCUT2D eigenvalue weighted by atomic mass is 16.6. The molecule has 3 rings (SSSR count). The minimum atomic E-state index is -0.893. The molecule has 3 aromatic rings. The van der Waals surface area contributed by atoms with Gasteiger partial charge in [-0.1, -0.05) is 111 Å². The lowest BCUT2D eigenvalue weighted by Crippen LogP contribution is -2.54. The summed E-state index contributed by atoms with van der Waals surface area (Å²) in [7, 11) is 0. The van der Waals surface area contributed by atoms with E-state index in [0.717, 1.165) is 16.7 Å². The summed E-state index contributed by atoms with van der Waals surface area (Å²) < 4.78 is 11.1. The number of benzene rings is 3. The molecular weight excluding hydrogens is 462 g/mol. The summed E-state index contributed by atoms with van der Waals surface area (Å²) in [6.45, 7) is 11.0. The lowest BCUT2D eigenvalue weighted by atomic mass is 9.76. The van der Waals surface area contributed by atoms with Gasteiger partial charge in [-0.3, -0.25) is 14.9 Å². The molecule has 5 heteroatoms. The van der Waals surface area contributed by atoms with E-state index in [1.54, 1.807) is 6.92 Å². The summed E-state index contributed by atoms with van der Waals surface area (Å²) in [5.41, 5.74) is 1.29. The zero-order valence-electron chi connectivity index (χ0n) is 22.1. The molecule has 0 saturated heterocycles. The molecule has 194 valence electrons. The van der Waals surface area contributed by atoms with Crippen LogP contribution in [0.4, 0.5) is 0 Å². The third-order valence-corrected chi connectivity index (χ3v) is 6.04. The fraction of sp³-hybridized carbons (Fsp3) is 0.312. The Morgan fingerprint density at radius 3 is 1.62 bits per heavy atom. The van der Waals surface area contributed by atoms with E-state index in [-0.39, 0.29) is 19.0 Å². The molecule has 0 radical (unpaired) electrons. The normalized spacial score (nSPS) is 13.3. The van der Waals surface area contributed by atoms with Gasteiger partial charge < -0.3 is 9.47 Å². The number of rotatable bonds is 11. The third-order valence-electron chi connectivity index (χ3n) is 6.04. The summed E-state index contributed by atoms with van der Waals surface area (Å²) in [4.78, 5) is 26.3. The molecule has 2 atom stereocenters. The monoisotopic (exact) mass is 499 g/mol. The summed E-state index contributed by atoms with van der Waals surface area (Å²) >= 11 is 0. The fourth-order valence-corrected chi connectivity index (χ4v) is 4.40. The Morgan fingerprint density at radius 2 is 1.24 bits per heavy atom. The van der Waals surface area contributed by atoms with Gasteiger partial charge in [0.2, 0.25) is 0 Å². The SMILES string of the molecule is C=CCOC(=O)C(C)C[C@@H](NC(c1ccccc1)(c1ccccc1)c1ccccc1)C(=O)OC(C)(C)C. The highest BCUT2D eigenvalue weighted by molar-refractivity contribution is 5.79. The van der Waals surface area contributed by atoms with Gasteiger partial charge >= 0.3 is 11.9 Å². The second-order valence-corrected chi connectivity index (χ2v) is 10.1. The molecule has 5 nitrogen and oxygen atoms in total. The van der Waals surface area contributed by atoms with Crippen molar-refractivity contribution in [1.82, 2.24) is 5.32 Å². The smallest absolute Gasteiger partial charge is 0.323 e. The fourth-order valence-electron chi connectivity index (χ4n) is 4.40. The number of hydrogen-bond donors (Lipinski definition) is 1. The summed E-state index contributed by atoms with van der Waals surface area (Å²) in [5, 5.41) is 3.68. The van der Waals surface area contributed by atoms with Gasteiger partial charge in [-0.15, -0.1) is 0 Å². The number of nitrogens with one attached hydrogen (secondary N) is 1. The number of carbonyl (C=O) groups excluding carboxylic acids is 2. The highest BCUT2D eigenvalue weighted by Gasteiger charge is 2.41. The van der Waals surface area contributed by atoms with Gasteiger partial charge in [0, 0.05) is 0 Å². The van der Waals surface area contributed by atoms with E-state index in [1.165, 1.54) is 6.08 Å². The molecule has 1 unspecified atom stereocenters. The Hall–Kier alpha value is -3.70. The molecule has 0 saturated carbocycles. The van der Waals surface area contributed by atoms with E-state index in [0.29, 0.717) is 0 Å². The van der Waals surface area contributed by atoms with Crippen LogP contribution in [0.15, 0.2) is 104 Å². The van der Waals surface area contributed by atoms with Crippen molar-refractivity contribution in [2.45, 2.75) is 51.3 Å². The molecular formula is C32H37NO4. The van der Waals surface area contributed by atoms with Crippen molar-refractivity contribution in [2.24, 2.45) is 5.92 Å². The highest BCUT2D eigenvalue weighted by Crippen LogP contribution is 2.38. The molecule has 3 aromatic carbocycles. The van der Waals surface area contributed by atoms with E-state index >= 15 is 0 Å². The van der Waals surface area contributed by atoms with E-state index in [1.807, 2.05) is 112 Å². The van der Waals surface area contributed by atoms with Gasteiger partial charge in [0.1, 0.15) is 18.2 Å². The molecule has 0 amide bonds. The summed E-state index contributed by atoms with van der Waals surface area (Å²) in [6, 6.07) is 29.2. The Balaban J connectivity index is 2.17. The van der Waals surface area contributed by atoms with Crippen LogP contribution in [0.5, 0.6) is 0 Å². The van der Waals surface area contributed by atoms with Gasteiger partial charge in [0.25, 0.3) is 0 Å². The van der Waals surface area contributed by atoms with Crippen LogP contribution < -0.4 is 5.32 Å². The van der Waals surface area contributed by atoms with Crippen molar-refractivity contribution in [3.05, 3.63) is 120 Å². The molecule has 0 aliphatic rings. The molecule has 0 spiro atoms. The molecule has 0 aliphatic carbocycles.